The first-order valence-corrected chi connectivity index (χ1v) is 9.28. The second-order valence-electron chi connectivity index (χ2n) is 8.93. The van der Waals surface area contributed by atoms with Crippen molar-refractivity contribution in [1.82, 2.24) is 0 Å². The molecule has 1 aliphatic carbocycles. The normalized spacial score (nSPS) is 17.1. The van der Waals surface area contributed by atoms with E-state index < -0.39 is 29.0 Å². The Balaban J connectivity index is 2.15. The van der Waals surface area contributed by atoms with E-state index >= 15 is 0 Å². The summed E-state index contributed by atoms with van der Waals surface area (Å²) in [7, 11) is 0. The standard InChI is InChI=1S/C23H24F2O3/c1-12-8-15-16(23(4,5)7-6-22(15,2)3)11-14(12)20(26)13-9-17(24)19(21(27)28)18(25)10-13/h8-11H,6-7H2,1-5H3,(H,27,28). The van der Waals surface area contributed by atoms with Crippen LogP contribution in [0.1, 0.15) is 83.5 Å². The monoisotopic (exact) mass is 386 g/mol. The molecule has 2 aromatic rings. The first-order valence-electron chi connectivity index (χ1n) is 9.28. The Bertz CT molecular complexity index is 980. The van der Waals surface area contributed by atoms with Gasteiger partial charge in [-0.05, 0) is 65.5 Å². The van der Waals surface area contributed by atoms with E-state index in [1.54, 1.807) is 0 Å². The van der Waals surface area contributed by atoms with Gasteiger partial charge >= 0.3 is 5.97 Å². The predicted molar refractivity (Wildman–Crippen MR) is 103 cm³/mol. The van der Waals surface area contributed by atoms with Crippen LogP contribution in [0.4, 0.5) is 8.78 Å². The molecule has 0 radical (unpaired) electrons. The number of hydrogen-bond acceptors (Lipinski definition) is 2. The molecule has 3 nitrogen and oxygen atoms in total. The fourth-order valence-corrected chi connectivity index (χ4v) is 4.03. The summed E-state index contributed by atoms with van der Waals surface area (Å²) in [4.78, 5) is 24.0. The van der Waals surface area contributed by atoms with Crippen LogP contribution in [0, 0.1) is 18.6 Å². The first kappa shape index (κ1) is 20.2. The quantitative estimate of drug-likeness (QED) is 0.704. The highest BCUT2D eigenvalue weighted by atomic mass is 19.1. The third-order valence-corrected chi connectivity index (χ3v) is 5.96. The molecule has 0 fully saturated rings. The van der Waals surface area contributed by atoms with Gasteiger partial charge in [-0.25, -0.2) is 13.6 Å². The Kier molecular flexibility index (Phi) is 4.69. The lowest BCUT2D eigenvalue weighted by Gasteiger charge is -2.42. The first-order chi connectivity index (χ1) is 12.8. The molecule has 3 rings (SSSR count). The van der Waals surface area contributed by atoms with E-state index in [1.165, 1.54) is 5.56 Å². The second-order valence-corrected chi connectivity index (χ2v) is 8.93. The lowest BCUT2D eigenvalue weighted by molar-refractivity contribution is 0.0685. The van der Waals surface area contributed by atoms with E-state index in [0.717, 1.165) is 36.1 Å². The fraction of sp³-hybridized carbons (Fsp3) is 0.391. The number of carbonyl (C=O) groups is 2. The Morgan fingerprint density at radius 2 is 1.36 bits per heavy atom. The average molecular weight is 386 g/mol. The maximum atomic E-state index is 14.1. The van der Waals surface area contributed by atoms with Gasteiger partial charge in [-0.15, -0.1) is 0 Å². The van der Waals surface area contributed by atoms with Crippen LogP contribution in [0.25, 0.3) is 0 Å². The molecular weight excluding hydrogens is 362 g/mol. The minimum atomic E-state index is -1.71. The molecule has 28 heavy (non-hydrogen) atoms. The van der Waals surface area contributed by atoms with Gasteiger partial charge < -0.3 is 5.11 Å². The summed E-state index contributed by atoms with van der Waals surface area (Å²) in [6, 6.07) is 5.43. The predicted octanol–water partition coefficient (Wildman–Crippen LogP) is 5.55. The highest BCUT2D eigenvalue weighted by molar-refractivity contribution is 6.10. The van der Waals surface area contributed by atoms with Gasteiger partial charge in [0.25, 0.3) is 0 Å². The van der Waals surface area contributed by atoms with E-state index in [1.807, 2.05) is 19.1 Å². The number of carbonyl (C=O) groups excluding carboxylic acids is 1. The number of carboxylic acids is 1. The highest BCUT2D eigenvalue weighted by Gasteiger charge is 2.38. The Labute approximate surface area is 163 Å². The van der Waals surface area contributed by atoms with Crippen molar-refractivity contribution in [2.45, 2.75) is 58.3 Å². The molecule has 0 amide bonds. The summed E-state index contributed by atoms with van der Waals surface area (Å²) < 4.78 is 28.1. The third kappa shape index (κ3) is 3.23. The molecule has 0 bridgehead atoms. The molecular formula is C23H24F2O3. The largest absolute Gasteiger partial charge is 0.477 e. The molecule has 1 N–H and O–H groups in total. The third-order valence-electron chi connectivity index (χ3n) is 5.96. The van der Waals surface area contributed by atoms with Crippen LogP contribution in [0.2, 0.25) is 0 Å². The van der Waals surface area contributed by atoms with Gasteiger partial charge in [-0.3, -0.25) is 4.79 Å². The molecule has 148 valence electrons. The number of hydrogen-bond donors (Lipinski definition) is 1. The maximum Gasteiger partial charge on any atom is 0.341 e. The minimum absolute atomic E-state index is 0.0153. The van der Waals surface area contributed by atoms with Gasteiger partial charge in [-0.2, -0.15) is 0 Å². The lowest BCUT2D eigenvalue weighted by atomic mass is 9.62. The van der Waals surface area contributed by atoms with Crippen LogP contribution >= 0.6 is 0 Å². The Morgan fingerprint density at radius 3 is 1.82 bits per heavy atom. The molecule has 1 aliphatic rings. The van der Waals surface area contributed by atoms with Crippen molar-refractivity contribution in [2.75, 3.05) is 0 Å². The van der Waals surface area contributed by atoms with E-state index in [2.05, 4.69) is 27.7 Å². The fourth-order valence-electron chi connectivity index (χ4n) is 4.03. The molecule has 0 saturated carbocycles. The van der Waals surface area contributed by atoms with Crippen LogP contribution in [0.15, 0.2) is 24.3 Å². The van der Waals surface area contributed by atoms with Crippen molar-refractivity contribution in [1.29, 1.82) is 0 Å². The lowest BCUT2D eigenvalue weighted by Crippen LogP contribution is -2.34. The summed E-state index contributed by atoms with van der Waals surface area (Å²) in [5.41, 5.74) is 1.99. The number of aromatic carboxylic acids is 1. The van der Waals surface area contributed by atoms with E-state index in [-0.39, 0.29) is 16.4 Å². The van der Waals surface area contributed by atoms with E-state index in [0.29, 0.717) is 5.56 Å². The molecule has 0 aliphatic heterocycles. The number of carboxylic acid groups (broad SMARTS) is 1. The molecule has 0 heterocycles. The van der Waals surface area contributed by atoms with Gasteiger partial charge in [0.15, 0.2) is 5.78 Å². The SMILES string of the molecule is Cc1cc2c(cc1C(=O)c1cc(F)c(C(=O)O)c(F)c1)C(C)(C)CCC2(C)C. The van der Waals surface area contributed by atoms with Gasteiger partial charge in [0.05, 0.1) is 0 Å². The average Bonchev–Trinajstić information content (AvgIpc) is 2.57. The maximum absolute atomic E-state index is 14.1. The highest BCUT2D eigenvalue weighted by Crippen LogP contribution is 2.46. The number of benzene rings is 2. The van der Waals surface area contributed by atoms with Crippen molar-refractivity contribution in [2.24, 2.45) is 0 Å². The Hall–Kier alpha value is -2.56. The Morgan fingerprint density at radius 1 is 0.893 bits per heavy atom. The molecule has 5 heteroatoms. The van der Waals surface area contributed by atoms with Gasteiger partial charge in [0, 0.05) is 11.1 Å². The number of fused-ring (bicyclic) bond motifs is 1. The zero-order valence-electron chi connectivity index (χ0n) is 16.7. The van der Waals surface area contributed by atoms with Gasteiger partial charge in [-0.1, -0.05) is 33.8 Å². The van der Waals surface area contributed by atoms with Crippen LogP contribution in [-0.4, -0.2) is 16.9 Å². The summed E-state index contributed by atoms with van der Waals surface area (Å²) in [5, 5.41) is 8.91. The molecule has 0 aromatic heterocycles. The zero-order chi connectivity index (χ0) is 21.0. The zero-order valence-corrected chi connectivity index (χ0v) is 16.7. The van der Waals surface area contributed by atoms with Crippen molar-refractivity contribution in [3.63, 3.8) is 0 Å². The van der Waals surface area contributed by atoms with Gasteiger partial charge in [0.1, 0.15) is 17.2 Å². The van der Waals surface area contributed by atoms with Crippen LogP contribution < -0.4 is 0 Å². The molecule has 2 aromatic carbocycles. The van der Waals surface area contributed by atoms with Gasteiger partial charge in [0.2, 0.25) is 0 Å². The van der Waals surface area contributed by atoms with Crippen molar-refractivity contribution < 1.29 is 23.5 Å². The van der Waals surface area contributed by atoms with Crippen LogP contribution in [-0.2, 0) is 10.8 Å². The smallest absolute Gasteiger partial charge is 0.341 e. The molecule has 0 spiro atoms. The van der Waals surface area contributed by atoms with Crippen molar-refractivity contribution >= 4 is 11.8 Å². The summed E-state index contributed by atoms with van der Waals surface area (Å²) in [6.45, 7) is 10.4. The molecule has 0 unspecified atom stereocenters. The van der Waals surface area contributed by atoms with Crippen molar-refractivity contribution in [3.05, 3.63) is 69.3 Å². The summed E-state index contributed by atoms with van der Waals surface area (Å²) in [5.74, 6) is -4.74. The topological polar surface area (TPSA) is 54.4 Å². The number of halogens is 2. The number of ketones is 1. The summed E-state index contributed by atoms with van der Waals surface area (Å²) >= 11 is 0. The molecule has 0 saturated heterocycles. The summed E-state index contributed by atoms with van der Waals surface area (Å²) in [6.07, 6.45) is 2.01. The van der Waals surface area contributed by atoms with E-state index in [9.17, 15) is 18.4 Å². The number of rotatable bonds is 3. The number of aryl methyl sites for hydroxylation is 1. The van der Waals surface area contributed by atoms with Crippen LogP contribution in [0.3, 0.4) is 0 Å². The van der Waals surface area contributed by atoms with Crippen molar-refractivity contribution in [3.8, 4) is 0 Å². The van der Waals surface area contributed by atoms with Crippen LogP contribution in [0.5, 0.6) is 0 Å². The van der Waals surface area contributed by atoms with E-state index in [4.69, 9.17) is 5.11 Å². The molecule has 0 atom stereocenters. The second kappa shape index (κ2) is 6.50. The minimum Gasteiger partial charge on any atom is -0.477 e.